The number of nitrogens with one attached hydrogen (secondary N) is 1. The van der Waals surface area contributed by atoms with E-state index in [2.05, 4.69) is 37.1 Å². The highest BCUT2D eigenvalue weighted by Gasteiger charge is 2.07. The van der Waals surface area contributed by atoms with E-state index in [1.807, 2.05) is 18.5 Å². The highest BCUT2D eigenvalue weighted by molar-refractivity contribution is 5.12. The van der Waals surface area contributed by atoms with Gasteiger partial charge in [0.15, 0.2) is 0 Å². The van der Waals surface area contributed by atoms with Crippen LogP contribution >= 0.6 is 0 Å². The molecule has 0 fully saturated rings. The average molecular weight is 206 g/mol. The first-order valence-electron chi connectivity index (χ1n) is 5.91. The van der Waals surface area contributed by atoms with Crippen molar-refractivity contribution < 1.29 is 0 Å². The summed E-state index contributed by atoms with van der Waals surface area (Å²) in [6.45, 7) is 7.80. The maximum atomic E-state index is 4.13. The molecule has 1 aromatic rings. The summed E-state index contributed by atoms with van der Waals surface area (Å²) < 4.78 is 0. The summed E-state index contributed by atoms with van der Waals surface area (Å²) in [7, 11) is 0. The van der Waals surface area contributed by atoms with Gasteiger partial charge in [0, 0.05) is 18.4 Å². The molecule has 0 bridgehead atoms. The molecular weight excluding hydrogens is 184 g/mol. The van der Waals surface area contributed by atoms with E-state index in [1.54, 1.807) is 0 Å². The van der Waals surface area contributed by atoms with Gasteiger partial charge in [0.25, 0.3) is 0 Å². The van der Waals surface area contributed by atoms with Crippen molar-refractivity contribution >= 4 is 0 Å². The third-order valence-electron chi connectivity index (χ3n) is 3.05. The Morgan fingerprint density at radius 3 is 2.60 bits per heavy atom. The maximum absolute atomic E-state index is 4.13. The zero-order chi connectivity index (χ0) is 11.1. The third-order valence-corrected chi connectivity index (χ3v) is 3.05. The largest absolute Gasteiger partial charge is 0.310 e. The monoisotopic (exact) mass is 206 g/mol. The van der Waals surface area contributed by atoms with Gasteiger partial charge in [-0.1, -0.05) is 32.8 Å². The van der Waals surface area contributed by atoms with E-state index < -0.39 is 0 Å². The zero-order valence-electron chi connectivity index (χ0n) is 10.0. The molecule has 0 radical (unpaired) electrons. The van der Waals surface area contributed by atoms with E-state index in [4.69, 9.17) is 0 Å². The van der Waals surface area contributed by atoms with Gasteiger partial charge in [0.05, 0.1) is 0 Å². The summed E-state index contributed by atoms with van der Waals surface area (Å²) >= 11 is 0. The Morgan fingerprint density at radius 2 is 2.07 bits per heavy atom. The zero-order valence-corrected chi connectivity index (χ0v) is 10.0. The number of hydrogen-bond acceptors (Lipinski definition) is 2. The number of nitrogens with zero attached hydrogens (tertiary/aromatic N) is 1. The summed E-state index contributed by atoms with van der Waals surface area (Å²) in [6, 6.07) is 4.52. The lowest BCUT2D eigenvalue weighted by molar-refractivity contribution is 0.422. The molecule has 1 aromatic heterocycles. The van der Waals surface area contributed by atoms with Crippen LogP contribution in [-0.4, -0.2) is 11.5 Å². The molecule has 1 rings (SSSR count). The van der Waals surface area contributed by atoms with Gasteiger partial charge in [-0.15, -0.1) is 0 Å². The standard InChI is InChI=1S/C13H22N2/c1-4-12(5-2)9-15-11(3)13-7-6-8-14-10-13/h6-8,10-12,15H,4-5,9H2,1-3H3/t11-/m0/s1. The fraction of sp³-hybridized carbons (Fsp3) is 0.615. The average Bonchev–Trinajstić information content (AvgIpc) is 2.31. The van der Waals surface area contributed by atoms with Crippen LogP contribution in [0.15, 0.2) is 24.5 Å². The molecule has 0 unspecified atom stereocenters. The van der Waals surface area contributed by atoms with Crippen molar-refractivity contribution in [3.05, 3.63) is 30.1 Å². The van der Waals surface area contributed by atoms with Crippen LogP contribution in [0.3, 0.4) is 0 Å². The van der Waals surface area contributed by atoms with E-state index >= 15 is 0 Å². The number of pyridine rings is 1. The summed E-state index contributed by atoms with van der Waals surface area (Å²) in [5.74, 6) is 0.795. The molecule has 0 amide bonds. The normalized spacial score (nSPS) is 13.1. The van der Waals surface area contributed by atoms with E-state index in [0.29, 0.717) is 6.04 Å². The predicted octanol–water partition coefficient (Wildman–Crippen LogP) is 3.17. The summed E-state index contributed by atoms with van der Waals surface area (Å²) in [4.78, 5) is 4.13. The molecular formula is C13H22N2. The molecule has 0 aliphatic carbocycles. The molecule has 0 saturated carbocycles. The number of aromatic nitrogens is 1. The maximum Gasteiger partial charge on any atom is 0.0315 e. The highest BCUT2D eigenvalue weighted by atomic mass is 14.9. The Bertz CT molecular complexity index is 254. The Labute approximate surface area is 93.1 Å². The van der Waals surface area contributed by atoms with Gasteiger partial charge in [0.1, 0.15) is 0 Å². The minimum atomic E-state index is 0.402. The second-order valence-electron chi connectivity index (χ2n) is 4.10. The fourth-order valence-corrected chi connectivity index (χ4v) is 1.67. The lowest BCUT2D eigenvalue weighted by Gasteiger charge is -2.18. The van der Waals surface area contributed by atoms with Crippen LogP contribution in [0.4, 0.5) is 0 Å². The third kappa shape index (κ3) is 4.00. The first-order chi connectivity index (χ1) is 7.27. The Balaban J connectivity index is 2.39. The Morgan fingerprint density at radius 1 is 1.33 bits per heavy atom. The second-order valence-corrected chi connectivity index (χ2v) is 4.10. The van der Waals surface area contributed by atoms with Crippen LogP contribution < -0.4 is 5.32 Å². The topological polar surface area (TPSA) is 24.9 Å². The summed E-state index contributed by atoms with van der Waals surface area (Å²) in [5, 5.41) is 3.56. The molecule has 1 atom stereocenters. The van der Waals surface area contributed by atoms with Crippen LogP contribution in [-0.2, 0) is 0 Å². The van der Waals surface area contributed by atoms with Gasteiger partial charge in [-0.05, 0) is 31.0 Å². The van der Waals surface area contributed by atoms with Gasteiger partial charge in [-0.25, -0.2) is 0 Å². The molecule has 0 aliphatic heterocycles. The van der Waals surface area contributed by atoms with Gasteiger partial charge in [0.2, 0.25) is 0 Å². The highest BCUT2D eigenvalue weighted by Crippen LogP contribution is 2.12. The second kappa shape index (κ2) is 6.57. The van der Waals surface area contributed by atoms with E-state index in [1.165, 1.54) is 18.4 Å². The molecule has 0 saturated heterocycles. The smallest absolute Gasteiger partial charge is 0.0315 e. The summed E-state index contributed by atoms with van der Waals surface area (Å²) in [6.07, 6.45) is 6.26. The van der Waals surface area contributed by atoms with Gasteiger partial charge < -0.3 is 5.32 Å². The summed E-state index contributed by atoms with van der Waals surface area (Å²) in [5.41, 5.74) is 1.27. The van der Waals surface area contributed by atoms with Gasteiger partial charge in [-0.3, -0.25) is 4.98 Å². The minimum Gasteiger partial charge on any atom is -0.310 e. The van der Waals surface area contributed by atoms with Crippen molar-refractivity contribution in [2.24, 2.45) is 5.92 Å². The minimum absolute atomic E-state index is 0.402. The molecule has 0 aromatic carbocycles. The fourth-order valence-electron chi connectivity index (χ4n) is 1.67. The van der Waals surface area contributed by atoms with Gasteiger partial charge in [-0.2, -0.15) is 0 Å². The molecule has 1 heterocycles. The van der Waals surface area contributed by atoms with Crippen LogP contribution in [0.2, 0.25) is 0 Å². The van der Waals surface area contributed by atoms with Crippen molar-refractivity contribution in [2.75, 3.05) is 6.54 Å². The number of hydrogen-bond donors (Lipinski definition) is 1. The van der Waals surface area contributed by atoms with Crippen LogP contribution in [0.25, 0.3) is 0 Å². The van der Waals surface area contributed by atoms with E-state index in [9.17, 15) is 0 Å². The van der Waals surface area contributed by atoms with Crippen molar-refractivity contribution in [3.8, 4) is 0 Å². The van der Waals surface area contributed by atoms with E-state index in [0.717, 1.165) is 12.5 Å². The molecule has 0 aliphatic rings. The van der Waals surface area contributed by atoms with Gasteiger partial charge >= 0.3 is 0 Å². The molecule has 0 spiro atoms. The molecule has 1 N–H and O–H groups in total. The molecule has 84 valence electrons. The SMILES string of the molecule is CCC(CC)CN[C@@H](C)c1cccnc1. The van der Waals surface area contributed by atoms with Crippen molar-refractivity contribution in [1.29, 1.82) is 0 Å². The first-order valence-corrected chi connectivity index (χ1v) is 5.91. The lowest BCUT2D eigenvalue weighted by atomic mass is 10.0. The van der Waals surface area contributed by atoms with E-state index in [-0.39, 0.29) is 0 Å². The van der Waals surface area contributed by atoms with Crippen LogP contribution in [0, 0.1) is 5.92 Å². The van der Waals surface area contributed by atoms with Crippen molar-refractivity contribution in [3.63, 3.8) is 0 Å². The van der Waals surface area contributed by atoms with Crippen molar-refractivity contribution in [2.45, 2.75) is 39.7 Å². The Kier molecular flexibility index (Phi) is 5.33. The molecule has 2 nitrogen and oxygen atoms in total. The van der Waals surface area contributed by atoms with Crippen molar-refractivity contribution in [1.82, 2.24) is 10.3 Å². The first kappa shape index (κ1) is 12.2. The molecule has 15 heavy (non-hydrogen) atoms. The lowest BCUT2D eigenvalue weighted by Crippen LogP contribution is -2.25. The quantitative estimate of drug-likeness (QED) is 0.773. The van der Waals surface area contributed by atoms with Crippen LogP contribution in [0.1, 0.15) is 45.2 Å². The molecule has 2 heteroatoms. The van der Waals surface area contributed by atoms with Crippen LogP contribution in [0.5, 0.6) is 0 Å². The predicted molar refractivity (Wildman–Crippen MR) is 64.7 cm³/mol. The Hall–Kier alpha value is -0.890. The number of rotatable bonds is 6.